The summed E-state index contributed by atoms with van der Waals surface area (Å²) in [6.07, 6.45) is 3.24. The SMILES string of the molecule is C=CCOc1c(Cl)cc(/C=C2/NC(=S)NC2=O)cc1OC. The number of ether oxygens (including phenoxy) is 2. The molecule has 5 nitrogen and oxygen atoms in total. The van der Waals surface area contributed by atoms with E-state index in [2.05, 4.69) is 17.2 Å². The number of amides is 1. The average molecular weight is 325 g/mol. The van der Waals surface area contributed by atoms with E-state index in [-0.39, 0.29) is 11.0 Å². The van der Waals surface area contributed by atoms with Crippen molar-refractivity contribution in [2.45, 2.75) is 0 Å². The molecule has 0 unspecified atom stereocenters. The van der Waals surface area contributed by atoms with Gasteiger partial charge in [-0.05, 0) is 36.0 Å². The minimum atomic E-state index is -0.290. The molecule has 1 aliphatic heterocycles. The van der Waals surface area contributed by atoms with E-state index in [1.807, 2.05) is 0 Å². The van der Waals surface area contributed by atoms with Gasteiger partial charge in [-0.1, -0.05) is 24.3 Å². The van der Waals surface area contributed by atoms with Gasteiger partial charge in [-0.3, -0.25) is 10.1 Å². The summed E-state index contributed by atoms with van der Waals surface area (Å²) in [5.74, 6) is 0.611. The summed E-state index contributed by atoms with van der Waals surface area (Å²) in [6.45, 7) is 3.89. The normalized spacial score (nSPS) is 15.6. The van der Waals surface area contributed by atoms with Gasteiger partial charge in [0.2, 0.25) is 0 Å². The number of halogens is 1. The molecule has 2 rings (SSSR count). The van der Waals surface area contributed by atoms with E-state index in [1.165, 1.54) is 7.11 Å². The number of carbonyl (C=O) groups is 1. The Morgan fingerprint density at radius 3 is 2.76 bits per heavy atom. The van der Waals surface area contributed by atoms with Crippen LogP contribution in [0.4, 0.5) is 0 Å². The fraction of sp³-hybridized carbons (Fsp3) is 0.143. The number of carbonyl (C=O) groups excluding carboxylic acids is 1. The van der Waals surface area contributed by atoms with Crippen molar-refractivity contribution in [1.29, 1.82) is 0 Å². The van der Waals surface area contributed by atoms with Crippen molar-refractivity contribution in [3.05, 3.63) is 41.1 Å². The van der Waals surface area contributed by atoms with Crippen molar-refractivity contribution in [1.82, 2.24) is 10.6 Å². The minimum Gasteiger partial charge on any atom is -0.493 e. The van der Waals surface area contributed by atoms with Crippen LogP contribution in [0.5, 0.6) is 11.5 Å². The third kappa shape index (κ3) is 3.53. The maximum absolute atomic E-state index is 11.6. The van der Waals surface area contributed by atoms with Crippen LogP contribution in [-0.4, -0.2) is 24.7 Å². The predicted octanol–water partition coefficient (Wildman–Crippen LogP) is 2.26. The first-order chi connectivity index (χ1) is 10.0. The molecule has 1 aromatic carbocycles. The molecule has 0 saturated carbocycles. The van der Waals surface area contributed by atoms with E-state index in [0.29, 0.717) is 34.4 Å². The van der Waals surface area contributed by atoms with Gasteiger partial charge in [0.1, 0.15) is 12.3 Å². The molecule has 1 aromatic rings. The molecule has 1 amide bonds. The van der Waals surface area contributed by atoms with Gasteiger partial charge in [0.05, 0.1) is 12.1 Å². The van der Waals surface area contributed by atoms with E-state index in [0.717, 1.165) is 0 Å². The summed E-state index contributed by atoms with van der Waals surface area (Å²) in [4.78, 5) is 11.6. The molecule has 0 spiro atoms. The fourth-order valence-corrected chi connectivity index (χ4v) is 2.23. The van der Waals surface area contributed by atoms with Crippen LogP contribution in [0.15, 0.2) is 30.5 Å². The van der Waals surface area contributed by atoms with Crippen molar-refractivity contribution >= 4 is 40.9 Å². The molecular formula is C14H13ClN2O3S. The van der Waals surface area contributed by atoms with E-state index < -0.39 is 0 Å². The summed E-state index contributed by atoms with van der Waals surface area (Å²) in [6, 6.07) is 3.39. The summed E-state index contributed by atoms with van der Waals surface area (Å²) >= 11 is 11.1. The van der Waals surface area contributed by atoms with Crippen molar-refractivity contribution < 1.29 is 14.3 Å². The zero-order valence-electron chi connectivity index (χ0n) is 11.2. The van der Waals surface area contributed by atoms with Crippen LogP contribution in [0.25, 0.3) is 6.08 Å². The first kappa shape index (κ1) is 15.3. The molecule has 1 fully saturated rings. The van der Waals surface area contributed by atoms with Gasteiger partial charge in [0, 0.05) is 0 Å². The predicted molar refractivity (Wildman–Crippen MR) is 85.5 cm³/mol. The number of hydrogen-bond acceptors (Lipinski definition) is 4. The van der Waals surface area contributed by atoms with Crippen LogP contribution in [0.1, 0.15) is 5.56 Å². The van der Waals surface area contributed by atoms with Gasteiger partial charge in [-0.2, -0.15) is 0 Å². The molecule has 0 atom stereocenters. The summed E-state index contributed by atoms with van der Waals surface area (Å²) in [5.41, 5.74) is 1.03. The van der Waals surface area contributed by atoms with Crippen molar-refractivity contribution in [3.63, 3.8) is 0 Å². The molecule has 0 bridgehead atoms. The third-order valence-electron chi connectivity index (χ3n) is 2.63. The topological polar surface area (TPSA) is 59.6 Å². The zero-order chi connectivity index (χ0) is 15.4. The minimum absolute atomic E-state index is 0.273. The Bertz CT molecular complexity index is 643. The van der Waals surface area contributed by atoms with Gasteiger partial charge in [-0.25, -0.2) is 0 Å². The Kier molecular flexibility index (Phi) is 4.82. The molecule has 7 heteroatoms. The molecule has 1 aliphatic rings. The lowest BCUT2D eigenvalue weighted by Crippen LogP contribution is -2.21. The second-order valence-corrected chi connectivity index (χ2v) is 4.92. The van der Waals surface area contributed by atoms with Crippen molar-refractivity contribution in [2.24, 2.45) is 0 Å². The van der Waals surface area contributed by atoms with E-state index in [4.69, 9.17) is 33.3 Å². The standard InChI is InChI=1S/C14H13ClN2O3S/c1-3-4-20-12-9(15)5-8(7-11(12)19-2)6-10-13(18)17-14(21)16-10/h3,5-7H,1,4H2,2H3,(H2,16,17,18,21)/b10-6+. The first-order valence-electron chi connectivity index (χ1n) is 6.00. The second-order valence-electron chi connectivity index (χ2n) is 4.10. The van der Waals surface area contributed by atoms with E-state index >= 15 is 0 Å². The molecule has 1 saturated heterocycles. The summed E-state index contributed by atoms with van der Waals surface area (Å²) in [7, 11) is 1.51. The highest BCUT2D eigenvalue weighted by Gasteiger charge is 2.20. The van der Waals surface area contributed by atoms with Crippen molar-refractivity contribution in [3.8, 4) is 11.5 Å². The van der Waals surface area contributed by atoms with E-state index in [9.17, 15) is 4.79 Å². The Balaban J connectivity index is 2.36. The lowest BCUT2D eigenvalue weighted by Gasteiger charge is -2.12. The largest absolute Gasteiger partial charge is 0.493 e. The molecular weight excluding hydrogens is 312 g/mol. The van der Waals surface area contributed by atoms with E-state index in [1.54, 1.807) is 24.3 Å². The van der Waals surface area contributed by atoms with Gasteiger partial charge < -0.3 is 14.8 Å². The number of rotatable bonds is 5. The molecule has 0 aromatic heterocycles. The lowest BCUT2D eigenvalue weighted by molar-refractivity contribution is -0.115. The number of methoxy groups -OCH3 is 1. The van der Waals surface area contributed by atoms with Crippen LogP contribution >= 0.6 is 23.8 Å². The number of hydrogen-bond donors (Lipinski definition) is 2. The average Bonchev–Trinajstić information content (AvgIpc) is 2.75. The number of benzene rings is 1. The Labute approximate surface area is 132 Å². The van der Waals surface area contributed by atoms with Crippen molar-refractivity contribution in [2.75, 3.05) is 13.7 Å². The summed E-state index contributed by atoms with van der Waals surface area (Å²) < 4.78 is 10.7. The monoisotopic (exact) mass is 324 g/mol. The lowest BCUT2D eigenvalue weighted by atomic mass is 10.1. The molecule has 1 heterocycles. The zero-order valence-corrected chi connectivity index (χ0v) is 12.8. The van der Waals surface area contributed by atoms with Gasteiger partial charge in [-0.15, -0.1) is 0 Å². The van der Waals surface area contributed by atoms with Gasteiger partial charge in [0.15, 0.2) is 16.6 Å². The van der Waals surface area contributed by atoms with Crippen LogP contribution < -0.4 is 20.1 Å². The highest BCUT2D eigenvalue weighted by molar-refractivity contribution is 7.80. The molecule has 0 radical (unpaired) electrons. The molecule has 21 heavy (non-hydrogen) atoms. The van der Waals surface area contributed by atoms with Gasteiger partial charge >= 0.3 is 0 Å². The Morgan fingerprint density at radius 2 is 2.19 bits per heavy atom. The maximum Gasteiger partial charge on any atom is 0.273 e. The van der Waals surface area contributed by atoms with Crippen LogP contribution in [0.3, 0.4) is 0 Å². The number of thiocarbonyl (C=S) groups is 1. The van der Waals surface area contributed by atoms with Crippen LogP contribution in [0, 0.1) is 0 Å². The molecule has 0 aliphatic carbocycles. The smallest absolute Gasteiger partial charge is 0.273 e. The molecule has 2 N–H and O–H groups in total. The fourth-order valence-electron chi connectivity index (χ4n) is 1.75. The van der Waals surface area contributed by atoms with Gasteiger partial charge in [0.25, 0.3) is 5.91 Å². The van der Waals surface area contributed by atoms with Crippen LogP contribution in [0.2, 0.25) is 5.02 Å². The number of nitrogens with one attached hydrogen (secondary N) is 2. The Hall–Kier alpha value is -2.05. The second kappa shape index (κ2) is 6.60. The Morgan fingerprint density at radius 1 is 1.43 bits per heavy atom. The summed E-state index contributed by atoms with van der Waals surface area (Å²) in [5, 5.41) is 5.90. The first-order valence-corrected chi connectivity index (χ1v) is 6.79. The highest BCUT2D eigenvalue weighted by atomic mass is 35.5. The van der Waals surface area contributed by atoms with Crippen LogP contribution in [-0.2, 0) is 4.79 Å². The highest BCUT2D eigenvalue weighted by Crippen LogP contribution is 2.37. The molecule has 110 valence electrons. The maximum atomic E-state index is 11.6. The quantitative estimate of drug-likeness (QED) is 0.494. The third-order valence-corrected chi connectivity index (χ3v) is 3.11.